The Balaban J connectivity index is 1.64. The monoisotopic (exact) mass is 463 g/mol. The van der Waals surface area contributed by atoms with Gasteiger partial charge in [-0.2, -0.15) is 13.2 Å². The molecule has 32 heavy (non-hydrogen) atoms. The third-order valence-corrected chi connectivity index (χ3v) is 4.61. The molecule has 0 aliphatic carbocycles. The van der Waals surface area contributed by atoms with Crippen molar-refractivity contribution in [2.24, 2.45) is 0 Å². The molecule has 0 spiro atoms. The van der Waals surface area contributed by atoms with Crippen LogP contribution in [-0.4, -0.2) is 18.5 Å². The first-order valence-corrected chi connectivity index (χ1v) is 9.72. The van der Waals surface area contributed by atoms with Crippen LogP contribution >= 0.6 is 11.6 Å². The molecule has 3 aromatic rings. The quantitative estimate of drug-likeness (QED) is 0.454. The van der Waals surface area contributed by atoms with Gasteiger partial charge in [-0.15, -0.1) is 0 Å². The van der Waals surface area contributed by atoms with Gasteiger partial charge >= 0.3 is 12.1 Å². The second-order valence-corrected chi connectivity index (χ2v) is 6.95. The Morgan fingerprint density at radius 2 is 1.59 bits per heavy atom. The van der Waals surface area contributed by atoms with Gasteiger partial charge in [-0.05, 0) is 30.3 Å². The first kappa shape index (κ1) is 23.1. The molecule has 0 saturated carbocycles. The van der Waals surface area contributed by atoms with Crippen LogP contribution in [-0.2, 0) is 22.3 Å². The zero-order valence-electron chi connectivity index (χ0n) is 16.5. The highest BCUT2D eigenvalue weighted by atomic mass is 35.5. The largest absolute Gasteiger partial charge is 0.489 e. The first-order valence-electron chi connectivity index (χ1n) is 9.34. The van der Waals surface area contributed by atoms with E-state index in [2.05, 4.69) is 5.32 Å². The lowest BCUT2D eigenvalue weighted by atomic mass is 10.1. The topological polar surface area (TPSA) is 64.6 Å². The number of carbonyl (C=O) groups is 2. The van der Waals surface area contributed by atoms with Gasteiger partial charge in [0.25, 0.3) is 5.91 Å². The zero-order valence-corrected chi connectivity index (χ0v) is 17.2. The van der Waals surface area contributed by atoms with Crippen LogP contribution in [0.2, 0.25) is 5.02 Å². The fourth-order valence-electron chi connectivity index (χ4n) is 2.79. The van der Waals surface area contributed by atoms with E-state index < -0.39 is 35.9 Å². The van der Waals surface area contributed by atoms with E-state index in [1.807, 2.05) is 6.07 Å². The van der Waals surface area contributed by atoms with E-state index >= 15 is 0 Å². The summed E-state index contributed by atoms with van der Waals surface area (Å²) in [5.41, 5.74) is -1.01. The van der Waals surface area contributed by atoms with Gasteiger partial charge in [0.2, 0.25) is 0 Å². The van der Waals surface area contributed by atoms with Gasteiger partial charge in [0.15, 0.2) is 6.61 Å². The molecule has 0 atom stereocenters. The van der Waals surface area contributed by atoms with E-state index in [9.17, 15) is 22.8 Å². The van der Waals surface area contributed by atoms with Crippen LogP contribution in [0.1, 0.15) is 21.5 Å². The summed E-state index contributed by atoms with van der Waals surface area (Å²) >= 11 is 5.81. The Bertz CT molecular complexity index is 1100. The number of amides is 1. The number of hydrogen-bond acceptors (Lipinski definition) is 4. The second kappa shape index (κ2) is 10.2. The number of benzene rings is 3. The van der Waals surface area contributed by atoms with Crippen LogP contribution in [0, 0.1) is 0 Å². The molecule has 0 unspecified atom stereocenters. The molecule has 166 valence electrons. The molecule has 1 amide bonds. The molecule has 0 radical (unpaired) electrons. The first-order chi connectivity index (χ1) is 15.3. The molecule has 0 saturated heterocycles. The van der Waals surface area contributed by atoms with Crippen LogP contribution in [0.4, 0.5) is 18.9 Å². The van der Waals surface area contributed by atoms with Crippen LogP contribution in [0.25, 0.3) is 0 Å². The predicted octanol–water partition coefficient (Wildman–Crippen LogP) is 5.73. The van der Waals surface area contributed by atoms with E-state index in [0.29, 0.717) is 11.3 Å². The molecular formula is C23H17ClF3NO4. The Hall–Kier alpha value is -3.52. The number of nitrogens with one attached hydrogen (secondary N) is 1. The van der Waals surface area contributed by atoms with Crippen LogP contribution in [0.3, 0.4) is 0 Å². The molecule has 0 bridgehead atoms. The molecule has 1 N–H and O–H groups in total. The van der Waals surface area contributed by atoms with Gasteiger partial charge in [0.1, 0.15) is 12.4 Å². The van der Waals surface area contributed by atoms with Crippen molar-refractivity contribution in [3.8, 4) is 5.75 Å². The summed E-state index contributed by atoms with van der Waals surface area (Å²) in [5, 5.41) is 1.77. The minimum atomic E-state index is -4.72. The fraction of sp³-hybridized carbons (Fsp3) is 0.130. The summed E-state index contributed by atoms with van der Waals surface area (Å²) in [6.45, 7) is -0.717. The molecular weight excluding hydrogens is 447 g/mol. The lowest BCUT2D eigenvalue weighted by Crippen LogP contribution is -2.23. The van der Waals surface area contributed by atoms with Gasteiger partial charge in [0, 0.05) is 5.56 Å². The van der Waals surface area contributed by atoms with Gasteiger partial charge in [0.05, 0.1) is 21.8 Å². The van der Waals surface area contributed by atoms with E-state index in [0.717, 1.165) is 12.1 Å². The number of halogens is 4. The van der Waals surface area contributed by atoms with E-state index in [-0.39, 0.29) is 17.2 Å². The molecule has 3 rings (SSSR count). The standard InChI is InChI=1S/C23H17ClF3NO4/c24-19-12-6-11-18(23(25,26)27)21(19)28-20(29)14-32-22(30)17-10-5-4-7-15(17)13-31-16-8-2-1-3-9-16/h1-12H,13-14H2,(H,28,29). The van der Waals surface area contributed by atoms with Crippen molar-refractivity contribution in [1.29, 1.82) is 0 Å². The van der Waals surface area contributed by atoms with Crippen molar-refractivity contribution >= 4 is 29.2 Å². The zero-order chi connectivity index (χ0) is 23.1. The van der Waals surface area contributed by atoms with Crippen molar-refractivity contribution in [2.45, 2.75) is 12.8 Å². The number of carbonyl (C=O) groups excluding carboxylic acids is 2. The van der Waals surface area contributed by atoms with E-state index in [1.165, 1.54) is 12.1 Å². The number of rotatable bonds is 7. The number of anilines is 1. The minimum Gasteiger partial charge on any atom is -0.489 e. The van der Waals surface area contributed by atoms with Crippen LogP contribution < -0.4 is 10.1 Å². The smallest absolute Gasteiger partial charge is 0.418 e. The Kier molecular flexibility index (Phi) is 7.37. The maximum atomic E-state index is 13.1. The van der Waals surface area contributed by atoms with Crippen molar-refractivity contribution in [2.75, 3.05) is 11.9 Å². The number of esters is 1. The van der Waals surface area contributed by atoms with Crippen molar-refractivity contribution < 1.29 is 32.2 Å². The van der Waals surface area contributed by atoms with E-state index in [1.54, 1.807) is 42.5 Å². The normalized spacial score (nSPS) is 11.0. The van der Waals surface area contributed by atoms with Crippen LogP contribution in [0.5, 0.6) is 5.75 Å². The SMILES string of the molecule is O=C(COC(=O)c1ccccc1COc1ccccc1)Nc1c(Cl)cccc1C(F)(F)F. The third kappa shape index (κ3) is 6.01. The number of ether oxygens (including phenoxy) is 2. The highest BCUT2D eigenvalue weighted by Gasteiger charge is 2.34. The Labute approximate surface area is 186 Å². The fourth-order valence-corrected chi connectivity index (χ4v) is 3.02. The summed E-state index contributed by atoms with van der Waals surface area (Å²) in [4.78, 5) is 24.6. The summed E-state index contributed by atoms with van der Waals surface area (Å²) in [7, 11) is 0. The molecule has 0 aromatic heterocycles. The van der Waals surface area contributed by atoms with Crippen molar-refractivity contribution in [3.05, 3.63) is 94.5 Å². The lowest BCUT2D eigenvalue weighted by molar-refractivity contribution is -0.137. The number of hydrogen-bond donors (Lipinski definition) is 1. The summed E-state index contributed by atoms with van der Waals surface area (Å²) < 4.78 is 50.1. The Morgan fingerprint density at radius 3 is 2.31 bits per heavy atom. The lowest BCUT2D eigenvalue weighted by Gasteiger charge is -2.15. The van der Waals surface area contributed by atoms with Gasteiger partial charge in [-0.3, -0.25) is 4.79 Å². The highest BCUT2D eigenvalue weighted by Crippen LogP contribution is 2.38. The second-order valence-electron chi connectivity index (χ2n) is 6.54. The number of alkyl halides is 3. The molecule has 0 fully saturated rings. The molecule has 0 aliphatic heterocycles. The average molecular weight is 464 g/mol. The maximum absolute atomic E-state index is 13.1. The highest BCUT2D eigenvalue weighted by molar-refractivity contribution is 6.34. The van der Waals surface area contributed by atoms with Crippen molar-refractivity contribution in [1.82, 2.24) is 0 Å². The molecule has 9 heteroatoms. The Morgan fingerprint density at radius 1 is 0.906 bits per heavy atom. The van der Waals surface area contributed by atoms with Gasteiger partial charge in [-0.25, -0.2) is 4.79 Å². The van der Waals surface area contributed by atoms with Crippen molar-refractivity contribution in [3.63, 3.8) is 0 Å². The summed E-state index contributed by atoms with van der Waals surface area (Å²) in [5.74, 6) is -1.17. The third-order valence-electron chi connectivity index (χ3n) is 4.29. The average Bonchev–Trinajstić information content (AvgIpc) is 2.77. The molecule has 0 aliphatic rings. The minimum absolute atomic E-state index is 0.0794. The molecule has 0 heterocycles. The van der Waals surface area contributed by atoms with Crippen LogP contribution in [0.15, 0.2) is 72.8 Å². The van der Waals surface area contributed by atoms with Gasteiger partial charge < -0.3 is 14.8 Å². The van der Waals surface area contributed by atoms with E-state index in [4.69, 9.17) is 21.1 Å². The number of para-hydroxylation sites is 2. The summed E-state index contributed by atoms with van der Waals surface area (Å²) in [6, 6.07) is 18.6. The van der Waals surface area contributed by atoms with Gasteiger partial charge in [-0.1, -0.05) is 54.1 Å². The predicted molar refractivity (Wildman–Crippen MR) is 113 cm³/mol. The summed E-state index contributed by atoms with van der Waals surface area (Å²) in [6.07, 6.45) is -4.72. The molecule has 3 aromatic carbocycles. The molecule has 5 nitrogen and oxygen atoms in total. The maximum Gasteiger partial charge on any atom is 0.418 e.